The van der Waals surface area contributed by atoms with E-state index in [0.717, 1.165) is 22.5 Å². The number of aryl methyl sites for hydroxylation is 1. The van der Waals surface area contributed by atoms with Crippen LogP contribution in [0.2, 0.25) is 0 Å². The Morgan fingerprint density at radius 1 is 1.11 bits per heavy atom. The number of benzene rings is 2. The minimum Gasteiger partial charge on any atom is -0.492 e. The molecule has 0 amide bonds. The number of anilines is 1. The fourth-order valence-corrected chi connectivity index (χ4v) is 1.96. The first-order valence-electron chi connectivity index (χ1n) is 5.93. The molecule has 1 N–H and O–H groups in total. The van der Waals surface area contributed by atoms with E-state index in [2.05, 4.69) is 46.4 Å². The molecule has 3 heteroatoms. The molecular weight excluding hydrogens is 290 g/mol. The molecular formula is C15H16BrNO. The minimum atomic E-state index is 0.648. The first-order valence-corrected chi connectivity index (χ1v) is 6.73. The van der Waals surface area contributed by atoms with Crippen LogP contribution in [0.3, 0.4) is 0 Å². The molecule has 0 saturated heterocycles. The van der Waals surface area contributed by atoms with E-state index in [1.165, 1.54) is 5.56 Å². The number of halogens is 1. The average molecular weight is 306 g/mol. The van der Waals surface area contributed by atoms with Crippen LogP contribution in [0.4, 0.5) is 5.69 Å². The van der Waals surface area contributed by atoms with Gasteiger partial charge in [0, 0.05) is 16.7 Å². The molecule has 0 aliphatic heterocycles. The third kappa shape index (κ3) is 3.77. The van der Waals surface area contributed by atoms with Crippen molar-refractivity contribution < 1.29 is 4.74 Å². The highest BCUT2D eigenvalue weighted by Crippen LogP contribution is 2.20. The van der Waals surface area contributed by atoms with E-state index < -0.39 is 0 Å². The largest absolute Gasteiger partial charge is 0.492 e. The quantitative estimate of drug-likeness (QED) is 0.834. The van der Waals surface area contributed by atoms with Gasteiger partial charge in [-0.3, -0.25) is 0 Å². The lowest BCUT2D eigenvalue weighted by molar-refractivity contribution is 0.333. The smallest absolute Gasteiger partial charge is 0.119 e. The molecule has 0 radical (unpaired) electrons. The van der Waals surface area contributed by atoms with Crippen LogP contribution >= 0.6 is 15.9 Å². The highest BCUT2D eigenvalue weighted by Gasteiger charge is 1.97. The third-order valence-corrected chi connectivity index (χ3v) is 3.47. The highest BCUT2D eigenvalue weighted by molar-refractivity contribution is 9.10. The minimum absolute atomic E-state index is 0.648. The van der Waals surface area contributed by atoms with E-state index in [-0.39, 0.29) is 0 Å². The molecule has 2 nitrogen and oxygen atoms in total. The van der Waals surface area contributed by atoms with Crippen molar-refractivity contribution in [2.24, 2.45) is 0 Å². The Hall–Kier alpha value is -1.48. The van der Waals surface area contributed by atoms with Crippen LogP contribution in [0.15, 0.2) is 53.0 Å². The fraction of sp³-hybridized carbons (Fsp3) is 0.200. The summed E-state index contributed by atoms with van der Waals surface area (Å²) in [6.45, 7) is 3.51. The maximum atomic E-state index is 5.61. The Morgan fingerprint density at radius 2 is 1.89 bits per heavy atom. The summed E-state index contributed by atoms with van der Waals surface area (Å²) in [5.74, 6) is 0.907. The molecule has 0 unspecified atom stereocenters. The molecule has 0 fully saturated rings. The van der Waals surface area contributed by atoms with Crippen molar-refractivity contribution >= 4 is 21.6 Å². The van der Waals surface area contributed by atoms with Gasteiger partial charge in [0.15, 0.2) is 0 Å². The van der Waals surface area contributed by atoms with Gasteiger partial charge in [-0.2, -0.15) is 0 Å². The van der Waals surface area contributed by atoms with Gasteiger partial charge in [-0.15, -0.1) is 0 Å². The number of rotatable bonds is 5. The van der Waals surface area contributed by atoms with Crippen molar-refractivity contribution in [2.45, 2.75) is 6.92 Å². The Morgan fingerprint density at radius 3 is 2.61 bits per heavy atom. The zero-order chi connectivity index (χ0) is 12.8. The van der Waals surface area contributed by atoms with Gasteiger partial charge in [-0.1, -0.05) is 40.2 Å². The molecule has 2 aromatic rings. The lowest BCUT2D eigenvalue weighted by Crippen LogP contribution is -2.11. The van der Waals surface area contributed by atoms with Crippen LogP contribution in [-0.2, 0) is 0 Å². The molecule has 0 heterocycles. The molecule has 0 aromatic heterocycles. The summed E-state index contributed by atoms with van der Waals surface area (Å²) < 4.78 is 6.73. The summed E-state index contributed by atoms with van der Waals surface area (Å²) in [5, 5.41) is 3.33. The second-order valence-electron chi connectivity index (χ2n) is 4.05. The van der Waals surface area contributed by atoms with Gasteiger partial charge in [0.25, 0.3) is 0 Å². The molecule has 2 aromatic carbocycles. The van der Waals surface area contributed by atoms with Gasteiger partial charge in [0.2, 0.25) is 0 Å². The van der Waals surface area contributed by atoms with Crippen molar-refractivity contribution in [2.75, 3.05) is 18.5 Å². The Labute approximate surface area is 116 Å². The van der Waals surface area contributed by atoms with Gasteiger partial charge in [-0.05, 0) is 36.8 Å². The maximum absolute atomic E-state index is 5.61. The van der Waals surface area contributed by atoms with E-state index in [1.54, 1.807) is 0 Å². The molecule has 0 spiro atoms. The van der Waals surface area contributed by atoms with E-state index in [9.17, 15) is 0 Å². The zero-order valence-corrected chi connectivity index (χ0v) is 11.9. The number of hydrogen-bond donors (Lipinski definition) is 1. The van der Waals surface area contributed by atoms with Gasteiger partial charge in [0.1, 0.15) is 12.4 Å². The lowest BCUT2D eigenvalue weighted by Gasteiger charge is -2.09. The third-order valence-electron chi connectivity index (χ3n) is 2.61. The van der Waals surface area contributed by atoms with E-state index in [0.29, 0.717) is 6.61 Å². The van der Waals surface area contributed by atoms with Crippen LogP contribution in [0.5, 0.6) is 5.75 Å². The van der Waals surface area contributed by atoms with Gasteiger partial charge >= 0.3 is 0 Å². The molecule has 0 saturated carbocycles. The summed E-state index contributed by atoms with van der Waals surface area (Å²) in [6, 6.07) is 16.1. The predicted octanol–water partition coefficient (Wildman–Crippen LogP) is 4.25. The van der Waals surface area contributed by atoms with Crippen LogP contribution < -0.4 is 10.1 Å². The molecule has 94 valence electrons. The first-order chi connectivity index (χ1) is 8.75. The van der Waals surface area contributed by atoms with Gasteiger partial charge < -0.3 is 10.1 Å². The second-order valence-corrected chi connectivity index (χ2v) is 4.91. The summed E-state index contributed by atoms with van der Waals surface area (Å²) >= 11 is 3.52. The van der Waals surface area contributed by atoms with Crippen molar-refractivity contribution in [1.29, 1.82) is 0 Å². The van der Waals surface area contributed by atoms with E-state index in [1.807, 2.05) is 30.3 Å². The van der Waals surface area contributed by atoms with Crippen molar-refractivity contribution in [3.05, 3.63) is 58.6 Å². The van der Waals surface area contributed by atoms with Gasteiger partial charge in [0.05, 0.1) is 0 Å². The summed E-state index contributed by atoms with van der Waals surface area (Å²) in [6.07, 6.45) is 0. The molecule has 0 aliphatic rings. The summed E-state index contributed by atoms with van der Waals surface area (Å²) in [5.41, 5.74) is 2.34. The van der Waals surface area contributed by atoms with Crippen LogP contribution in [0.1, 0.15) is 5.56 Å². The summed E-state index contributed by atoms with van der Waals surface area (Å²) in [7, 11) is 0. The second kappa shape index (κ2) is 6.45. The van der Waals surface area contributed by atoms with Crippen LogP contribution in [0, 0.1) is 6.92 Å². The van der Waals surface area contributed by atoms with Gasteiger partial charge in [-0.25, -0.2) is 0 Å². The number of nitrogens with one attached hydrogen (secondary N) is 1. The van der Waals surface area contributed by atoms with Crippen LogP contribution in [0.25, 0.3) is 0 Å². The standard InChI is InChI=1S/C15H16BrNO/c1-12-7-8-13(11-15(12)16)17-9-10-18-14-5-3-2-4-6-14/h2-8,11,17H,9-10H2,1H3. The van der Waals surface area contributed by atoms with E-state index >= 15 is 0 Å². The SMILES string of the molecule is Cc1ccc(NCCOc2ccccc2)cc1Br. The normalized spacial score (nSPS) is 10.1. The average Bonchev–Trinajstić information content (AvgIpc) is 2.40. The number of hydrogen-bond acceptors (Lipinski definition) is 2. The molecule has 0 bridgehead atoms. The van der Waals surface area contributed by atoms with Crippen LogP contribution in [-0.4, -0.2) is 13.2 Å². The Balaban J connectivity index is 1.77. The van der Waals surface area contributed by atoms with E-state index in [4.69, 9.17) is 4.74 Å². The number of para-hydroxylation sites is 1. The molecule has 2 rings (SSSR count). The number of ether oxygens (including phenoxy) is 1. The Kier molecular flexibility index (Phi) is 4.65. The highest BCUT2D eigenvalue weighted by atomic mass is 79.9. The van der Waals surface area contributed by atoms with Crippen molar-refractivity contribution in [3.8, 4) is 5.75 Å². The monoisotopic (exact) mass is 305 g/mol. The first kappa shape index (κ1) is 13.0. The lowest BCUT2D eigenvalue weighted by atomic mass is 10.2. The fourth-order valence-electron chi connectivity index (χ4n) is 1.58. The molecule has 0 atom stereocenters. The maximum Gasteiger partial charge on any atom is 0.119 e. The topological polar surface area (TPSA) is 21.3 Å². The van der Waals surface area contributed by atoms with Crippen molar-refractivity contribution in [3.63, 3.8) is 0 Å². The predicted molar refractivity (Wildman–Crippen MR) is 79.3 cm³/mol. The summed E-state index contributed by atoms with van der Waals surface area (Å²) in [4.78, 5) is 0. The molecule has 0 aliphatic carbocycles. The Bertz CT molecular complexity index is 499. The van der Waals surface area contributed by atoms with Crippen molar-refractivity contribution in [1.82, 2.24) is 0 Å². The zero-order valence-electron chi connectivity index (χ0n) is 10.3. The molecule has 18 heavy (non-hydrogen) atoms.